The number of esters is 2. The number of alkyl halides is 1. The summed E-state index contributed by atoms with van der Waals surface area (Å²) in [5, 5.41) is 0. The zero-order valence-electron chi connectivity index (χ0n) is 22.6. The molecule has 0 unspecified atom stereocenters. The van der Waals surface area contributed by atoms with Crippen LogP contribution in [0.5, 0.6) is 0 Å². The van der Waals surface area contributed by atoms with Crippen LogP contribution in [-0.4, -0.2) is 49.6 Å². The summed E-state index contributed by atoms with van der Waals surface area (Å²) >= 11 is 2.15. The van der Waals surface area contributed by atoms with Crippen molar-refractivity contribution in [3.63, 3.8) is 0 Å². The molecule has 4 rings (SSSR count). The first-order valence-corrected chi connectivity index (χ1v) is 14.5. The van der Waals surface area contributed by atoms with Crippen LogP contribution in [0.4, 0.5) is 0 Å². The summed E-state index contributed by atoms with van der Waals surface area (Å²) in [6, 6.07) is 12.2. The Balaban J connectivity index is 0.000000244. The minimum atomic E-state index is -0.177. The average Bonchev–Trinajstić information content (AvgIpc) is 3.43. The summed E-state index contributed by atoms with van der Waals surface area (Å²) in [6.07, 6.45) is 1.95. The number of nitrogens with zero attached hydrogens (tertiary/aromatic N) is 3. The van der Waals surface area contributed by atoms with Crippen molar-refractivity contribution in [2.75, 3.05) is 18.1 Å². The van der Waals surface area contributed by atoms with E-state index in [1.807, 2.05) is 61.6 Å². The molecule has 2 heterocycles. The number of hydrogen-bond donors (Lipinski definition) is 1. The number of carbonyl (C=O) groups excluding carboxylic acids is 2. The number of hydrogen-bond acceptors (Lipinski definition) is 6. The minimum absolute atomic E-state index is 0.166. The zero-order chi connectivity index (χ0) is 27.4. The number of carbonyl (C=O) groups is 2. The molecule has 1 N–H and O–H groups in total. The van der Waals surface area contributed by atoms with Crippen LogP contribution in [-0.2, 0) is 39.0 Å². The van der Waals surface area contributed by atoms with Gasteiger partial charge in [0.15, 0.2) is 0 Å². The molecule has 37 heavy (non-hydrogen) atoms. The Kier molecular flexibility index (Phi) is 12.5. The molecule has 0 atom stereocenters. The smallest absolute Gasteiger partial charge is 0.306 e. The Morgan fingerprint density at radius 2 is 1.43 bits per heavy atom. The number of halogens is 1. The van der Waals surface area contributed by atoms with Gasteiger partial charge in [-0.25, -0.2) is 9.97 Å². The van der Waals surface area contributed by atoms with Crippen molar-refractivity contribution >= 4 is 56.6 Å². The maximum absolute atomic E-state index is 11.3. The third-order valence-corrected chi connectivity index (χ3v) is 5.54. The van der Waals surface area contributed by atoms with E-state index in [1.54, 1.807) is 0 Å². The lowest BCUT2D eigenvalue weighted by molar-refractivity contribution is -0.144. The van der Waals surface area contributed by atoms with Gasteiger partial charge in [0.05, 0.1) is 48.1 Å². The van der Waals surface area contributed by atoms with Crippen molar-refractivity contribution in [2.24, 2.45) is 7.05 Å². The van der Waals surface area contributed by atoms with E-state index in [-0.39, 0.29) is 11.9 Å². The molecule has 0 aliphatic carbocycles. The molecule has 0 amide bonds. The molecular weight excluding hydrogens is 583 g/mol. The fourth-order valence-corrected chi connectivity index (χ4v) is 3.77. The van der Waals surface area contributed by atoms with Crippen molar-refractivity contribution in [1.29, 1.82) is 0 Å². The Morgan fingerprint density at radius 3 is 2.05 bits per heavy atom. The number of aromatic amines is 1. The van der Waals surface area contributed by atoms with E-state index in [0.29, 0.717) is 38.9 Å². The van der Waals surface area contributed by atoms with E-state index < -0.39 is 0 Å². The molecule has 0 bridgehead atoms. The van der Waals surface area contributed by atoms with Crippen LogP contribution in [0, 0.1) is 13.8 Å². The topological polar surface area (TPSA) is 99.1 Å². The van der Waals surface area contributed by atoms with Crippen LogP contribution < -0.4 is 0 Å². The fraction of sp³-hybridized carbons (Fsp3) is 0.429. The van der Waals surface area contributed by atoms with Crippen LogP contribution in [0.25, 0.3) is 22.1 Å². The Bertz CT molecular complexity index is 1310. The molecule has 0 radical (unpaired) electrons. The number of aryl methyl sites for hydroxylation is 5. The van der Waals surface area contributed by atoms with Gasteiger partial charge < -0.3 is 19.0 Å². The van der Waals surface area contributed by atoms with E-state index in [9.17, 15) is 9.59 Å². The highest BCUT2D eigenvalue weighted by molar-refractivity contribution is 14.1. The molecule has 0 fully saturated rings. The second-order valence-electron chi connectivity index (χ2n) is 8.39. The highest BCUT2D eigenvalue weighted by Gasteiger charge is 2.10. The summed E-state index contributed by atoms with van der Waals surface area (Å²) in [5.41, 5.74) is 6.44. The van der Waals surface area contributed by atoms with Gasteiger partial charge in [0.2, 0.25) is 0 Å². The number of rotatable bonds is 8. The van der Waals surface area contributed by atoms with Crippen molar-refractivity contribution in [3.05, 3.63) is 59.2 Å². The maximum atomic E-state index is 11.3. The summed E-state index contributed by atoms with van der Waals surface area (Å²) < 4.78 is 11.8. The summed E-state index contributed by atoms with van der Waals surface area (Å²) in [6.45, 7) is 8.58. The van der Waals surface area contributed by atoms with Gasteiger partial charge in [0, 0.05) is 19.9 Å². The molecule has 0 aliphatic rings. The van der Waals surface area contributed by atoms with E-state index >= 15 is 0 Å². The van der Waals surface area contributed by atoms with E-state index in [4.69, 9.17) is 9.47 Å². The maximum Gasteiger partial charge on any atom is 0.306 e. The van der Waals surface area contributed by atoms with Crippen molar-refractivity contribution in [3.8, 4) is 0 Å². The van der Waals surface area contributed by atoms with Crippen LogP contribution in [0.3, 0.4) is 0 Å². The van der Waals surface area contributed by atoms with Crippen LogP contribution in [0.2, 0.25) is 0 Å². The minimum Gasteiger partial charge on any atom is -0.466 e. The SMILES string of the molecule is CCOC(=O)CCc1nc2ccc(C)cc2[nH]1.CCOC(=O)CCc1nc2ccc(C)cc2n1C.CI. The molecule has 4 aromatic rings. The molecule has 2 aromatic heterocycles. The normalized spacial score (nSPS) is 10.4. The molecule has 200 valence electrons. The number of nitrogens with one attached hydrogen (secondary N) is 1. The lowest BCUT2D eigenvalue weighted by Gasteiger charge is -2.03. The van der Waals surface area contributed by atoms with Crippen molar-refractivity contribution in [2.45, 2.75) is 53.4 Å². The summed E-state index contributed by atoms with van der Waals surface area (Å²) in [5.74, 6) is 1.41. The average molecular weight is 621 g/mol. The number of imidazole rings is 2. The van der Waals surface area contributed by atoms with Crippen molar-refractivity contribution < 1.29 is 19.1 Å². The van der Waals surface area contributed by atoms with Gasteiger partial charge in [-0.3, -0.25) is 9.59 Å². The first-order chi connectivity index (χ1) is 17.8. The van der Waals surface area contributed by atoms with Crippen LogP contribution in [0.1, 0.15) is 49.5 Å². The second-order valence-corrected chi connectivity index (χ2v) is 8.39. The molecule has 0 aliphatic heterocycles. The predicted molar refractivity (Wildman–Crippen MR) is 156 cm³/mol. The lowest BCUT2D eigenvalue weighted by atomic mass is 10.2. The van der Waals surface area contributed by atoms with E-state index in [2.05, 4.69) is 56.6 Å². The lowest BCUT2D eigenvalue weighted by Crippen LogP contribution is -2.07. The summed E-state index contributed by atoms with van der Waals surface area (Å²) in [4.78, 5) is 36.7. The third-order valence-electron chi connectivity index (χ3n) is 5.54. The highest BCUT2D eigenvalue weighted by Crippen LogP contribution is 2.17. The van der Waals surface area contributed by atoms with Crippen molar-refractivity contribution in [1.82, 2.24) is 19.5 Å². The molecule has 0 saturated carbocycles. The molecule has 2 aromatic carbocycles. The standard InChI is InChI=1S/C14H18N2O2.C13H16N2O2.CH3I/c1-4-18-14(17)8-7-13-15-11-6-5-10(2)9-12(11)16(13)3;1-3-17-13(16)7-6-12-14-10-5-4-9(2)8-11(10)15-12;1-2/h5-6,9H,4,7-8H2,1-3H3;4-5,8H,3,6-7H2,1-2H3,(H,14,15);1H3. The summed E-state index contributed by atoms with van der Waals surface area (Å²) in [7, 11) is 1.98. The third kappa shape index (κ3) is 9.14. The number of aromatic nitrogens is 4. The number of benzene rings is 2. The van der Waals surface area contributed by atoms with Gasteiger partial charge in [0.1, 0.15) is 11.6 Å². The van der Waals surface area contributed by atoms with Gasteiger partial charge >= 0.3 is 11.9 Å². The quantitative estimate of drug-likeness (QED) is 0.152. The van der Waals surface area contributed by atoms with E-state index in [0.717, 1.165) is 33.7 Å². The van der Waals surface area contributed by atoms with E-state index in [1.165, 1.54) is 11.1 Å². The Morgan fingerprint density at radius 1 is 0.865 bits per heavy atom. The Labute approximate surface area is 232 Å². The largest absolute Gasteiger partial charge is 0.466 e. The number of ether oxygens (including phenoxy) is 2. The van der Waals surface area contributed by atoms with Gasteiger partial charge in [-0.2, -0.15) is 0 Å². The van der Waals surface area contributed by atoms with Gasteiger partial charge in [-0.05, 0) is 68.0 Å². The highest BCUT2D eigenvalue weighted by atomic mass is 127. The van der Waals surface area contributed by atoms with Gasteiger partial charge in [-0.15, -0.1) is 0 Å². The van der Waals surface area contributed by atoms with Gasteiger partial charge in [0.25, 0.3) is 0 Å². The molecule has 0 saturated heterocycles. The molecular formula is C28H37IN4O4. The monoisotopic (exact) mass is 620 g/mol. The first kappa shape index (κ1) is 30.3. The fourth-order valence-electron chi connectivity index (χ4n) is 3.77. The van der Waals surface area contributed by atoms with Gasteiger partial charge in [-0.1, -0.05) is 34.7 Å². The van der Waals surface area contributed by atoms with Crippen LogP contribution in [0.15, 0.2) is 36.4 Å². The second kappa shape index (κ2) is 15.3. The number of H-pyrrole nitrogens is 1. The number of fused-ring (bicyclic) bond motifs is 2. The molecule has 8 nitrogen and oxygen atoms in total. The molecule has 0 spiro atoms. The molecule has 9 heteroatoms. The zero-order valence-corrected chi connectivity index (χ0v) is 24.7. The predicted octanol–water partition coefficient (Wildman–Crippen LogP) is 5.80. The first-order valence-electron chi connectivity index (χ1n) is 12.4. The Hall–Kier alpha value is -2.95. The van der Waals surface area contributed by atoms with Crippen LogP contribution >= 0.6 is 22.6 Å².